The fourth-order valence-corrected chi connectivity index (χ4v) is 3.37. The Bertz CT molecular complexity index is 499. The van der Waals surface area contributed by atoms with Crippen molar-refractivity contribution in [2.24, 2.45) is 5.41 Å². The number of aliphatic hydroxyl groups is 1. The molecule has 1 aromatic carbocycles. The summed E-state index contributed by atoms with van der Waals surface area (Å²) < 4.78 is 22.0. The molecule has 0 aliphatic heterocycles. The zero-order chi connectivity index (χ0) is 15.2. The van der Waals surface area contributed by atoms with E-state index in [9.17, 15) is 9.67 Å². The van der Waals surface area contributed by atoms with Gasteiger partial charge in [-0.1, -0.05) is 39.0 Å². The first-order valence-corrected chi connectivity index (χ1v) is 9.66. The van der Waals surface area contributed by atoms with Crippen LogP contribution in [0.3, 0.4) is 0 Å². The topological polar surface area (TPSA) is 55.8 Å². The largest absolute Gasteiger partial charge is 0.476 e. The van der Waals surface area contributed by atoms with E-state index in [4.69, 9.17) is 20.3 Å². The summed E-state index contributed by atoms with van der Waals surface area (Å²) in [5.41, 5.74) is -0.271. The summed E-state index contributed by atoms with van der Waals surface area (Å²) in [6, 6.07) is 8.62. The van der Waals surface area contributed by atoms with E-state index in [0.717, 1.165) is 11.4 Å². The molecule has 0 bridgehead atoms. The van der Waals surface area contributed by atoms with Gasteiger partial charge in [0.05, 0.1) is 11.7 Å². The Morgan fingerprint density at radius 3 is 2.50 bits per heavy atom. The molecule has 0 heterocycles. The predicted molar refractivity (Wildman–Crippen MR) is 87.4 cm³/mol. The molecule has 7 heteroatoms. The van der Waals surface area contributed by atoms with Gasteiger partial charge in [-0.2, -0.15) is 11.4 Å². The van der Waals surface area contributed by atoms with Crippen molar-refractivity contribution in [3.8, 4) is 5.75 Å². The first-order valence-electron chi connectivity index (χ1n) is 6.13. The van der Waals surface area contributed by atoms with Crippen LogP contribution in [-0.2, 0) is 9.09 Å². The van der Waals surface area contributed by atoms with Gasteiger partial charge in [0, 0.05) is 22.4 Å². The number of hydrogen-bond acceptors (Lipinski definition) is 3. The van der Waals surface area contributed by atoms with Crippen molar-refractivity contribution in [2.75, 3.05) is 12.4 Å². The average Bonchev–Trinajstić information content (AvgIpc) is 2.34. The molecule has 1 N–H and O–H groups in total. The first-order chi connectivity index (χ1) is 9.21. The van der Waals surface area contributed by atoms with E-state index in [-0.39, 0.29) is 12.0 Å². The predicted octanol–water partition coefficient (Wildman–Crippen LogP) is 4.63. The molecule has 1 aromatic rings. The second kappa shape index (κ2) is 7.62. The highest BCUT2D eigenvalue weighted by Gasteiger charge is 2.22. The maximum absolute atomic E-state index is 11.9. The Morgan fingerprint density at radius 2 is 1.95 bits per heavy atom. The fraction of sp³-hybridized carbons (Fsp3) is 0.462. The van der Waals surface area contributed by atoms with Gasteiger partial charge in [0.2, 0.25) is 0 Å². The van der Waals surface area contributed by atoms with Gasteiger partial charge in [-0.25, -0.2) is 4.57 Å². The van der Waals surface area contributed by atoms with Crippen LogP contribution in [0.25, 0.3) is 0 Å². The Kier molecular flexibility index (Phi) is 6.76. The molecule has 1 unspecified atom stereocenters. The Hall–Kier alpha value is -0.320. The summed E-state index contributed by atoms with van der Waals surface area (Å²) in [6.45, 7) is 2.26. The lowest BCUT2D eigenvalue weighted by Crippen LogP contribution is -2.18. The number of aliphatic hydroxyl groups excluding tert-OH is 1. The molecule has 0 aliphatic carbocycles. The average molecular weight is 339 g/mol. The van der Waals surface area contributed by atoms with E-state index in [2.05, 4.69) is 0 Å². The minimum Gasteiger partial charge on any atom is -0.413 e. The molecule has 114 valence electrons. The standard InChI is InChI=1S/C13H20ClO4PS/c1-13(2,3)12(15)20-10-9-17-19(14,16)18-11-7-5-4-6-8-11/h4-8,15,20H,9-10H2,1-3H3. The van der Waals surface area contributed by atoms with Crippen LogP contribution in [0.4, 0.5) is 0 Å². The van der Waals surface area contributed by atoms with Crippen LogP contribution in [0.2, 0.25) is 0 Å². The van der Waals surface area contributed by atoms with E-state index < -0.39 is 6.95 Å². The molecule has 0 fully saturated rings. The number of benzene rings is 1. The summed E-state index contributed by atoms with van der Waals surface area (Å²) in [6.07, 6.45) is 0. The van der Waals surface area contributed by atoms with Gasteiger partial charge in [0.25, 0.3) is 0 Å². The molecule has 1 atom stereocenters. The van der Waals surface area contributed by atoms with E-state index in [1.165, 1.54) is 0 Å². The zero-order valence-corrected chi connectivity index (χ0v) is 14.3. The van der Waals surface area contributed by atoms with Crippen LogP contribution in [0.5, 0.6) is 5.75 Å². The van der Waals surface area contributed by atoms with Crippen LogP contribution in [-0.4, -0.2) is 22.5 Å². The number of para-hydroxylation sites is 1. The fourth-order valence-electron chi connectivity index (χ4n) is 1.17. The number of thiol groups is 1. The van der Waals surface area contributed by atoms with E-state index >= 15 is 0 Å². The minimum absolute atomic E-state index is 0.148. The molecule has 0 amide bonds. The van der Waals surface area contributed by atoms with Crippen LogP contribution in [0.1, 0.15) is 20.8 Å². The third-order valence-electron chi connectivity index (χ3n) is 2.23. The third-order valence-corrected chi connectivity index (χ3v) is 5.02. The summed E-state index contributed by atoms with van der Waals surface area (Å²) in [7, 11) is 0. The van der Waals surface area contributed by atoms with E-state index in [0.29, 0.717) is 16.6 Å². The maximum Gasteiger partial charge on any atom is 0.476 e. The van der Waals surface area contributed by atoms with Gasteiger partial charge >= 0.3 is 6.95 Å². The first kappa shape index (κ1) is 17.7. The van der Waals surface area contributed by atoms with Crippen molar-refractivity contribution in [3.05, 3.63) is 30.3 Å². The molecule has 4 nitrogen and oxygen atoms in total. The zero-order valence-electron chi connectivity index (χ0n) is 11.7. The van der Waals surface area contributed by atoms with Gasteiger partial charge in [-0.05, 0) is 12.1 Å². The van der Waals surface area contributed by atoms with Gasteiger partial charge in [0.1, 0.15) is 5.75 Å². The van der Waals surface area contributed by atoms with Crippen LogP contribution < -0.4 is 4.52 Å². The number of hydrogen-bond donors (Lipinski definition) is 2. The Balaban J connectivity index is 2.43. The molecule has 0 aliphatic rings. The van der Waals surface area contributed by atoms with Crippen molar-refractivity contribution < 1.29 is 18.7 Å². The maximum atomic E-state index is 11.9. The highest BCUT2D eigenvalue weighted by atomic mass is 35.7. The Labute approximate surface area is 128 Å². The highest BCUT2D eigenvalue weighted by Crippen LogP contribution is 2.53. The lowest BCUT2D eigenvalue weighted by Gasteiger charge is -2.17. The van der Waals surface area contributed by atoms with Gasteiger partial charge in [-0.3, -0.25) is 4.52 Å². The molecule has 1 rings (SSSR count). The van der Waals surface area contributed by atoms with Crippen molar-refractivity contribution >= 4 is 34.6 Å². The highest BCUT2D eigenvalue weighted by molar-refractivity contribution is 7.98. The van der Waals surface area contributed by atoms with E-state index in [1.54, 1.807) is 24.3 Å². The van der Waals surface area contributed by atoms with Crippen molar-refractivity contribution in [3.63, 3.8) is 0 Å². The summed E-state index contributed by atoms with van der Waals surface area (Å²) in [5.74, 6) is 0.894. The molecule has 0 spiro atoms. The number of rotatable bonds is 6. The molecule has 20 heavy (non-hydrogen) atoms. The van der Waals surface area contributed by atoms with Gasteiger partial charge in [0.15, 0.2) is 0 Å². The molecule has 0 aromatic heterocycles. The number of halogens is 1. The van der Waals surface area contributed by atoms with Crippen LogP contribution >= 0.6 is 29.5 Å². The van der Waals surface area contributed by atoms with Crippen molar-refractivity contribution in [1.29, 1.82) is 0 Å². The van der Waals surface area contributed by atoms with E-state index in [1.807, 2.05) is 26.8 Å². The van der Waals surface area contributed by atoms with Gasteiger partial charge in [-0.15, -0.1) is 0 Å². The van der Waals surface area contributed by atoms with Crippen LogP contribution in [0.15, 0.2) is 30.3 Å². The summed E-state index contributed by atoms with van der Waals surface area (Å²) in [4.78, 5) is 0. The second-order valence-corrected chi connectivity index (χ2v) is 8.85. The van der Waals surface area contributed by atoms with Crippen LogP contribution in [0, 0.1) is 5.41 Å². The molecular formula is C13H20ClO4PS. The summed E-state index contributed by atoms with van der Waals surface area (Å²) in [5, 5.41) is 10.1. The smallest absolute Gasteiger partial charge is 0.413 e. The Morgan fingerprint density at radius 1 is 1.35 bits per heavy atom. The summed E-state index contributed by atoms with van der Waals surface area (Å²) >= 11 is 6.45. The molecular weight excluding hydrogens is 319 g/mol. The lowest BCUT2D eigenvalue weighted by atomic mass is 9.99. The van der Waals surface area contributed by atoms with Crippen molar-refractivity contribution in [2.45, 2.75) is 20.8 Å². The quantitative estimate of drug-likeness (QED) is 0.344. The lowest BCUT2D eigenvalue weighted by molar-refractivity contribution is 0.297. The second-order valence-electron chi connectivity index (χ2n) is 5.12. The molecule has 0 saturated heterocycles. The molecule has 0 radical (unpaired) electrons. The normalized spacial score (nSPS) is 16.1. The van der Waals surface area contributed by atoms with Gasteiger partial charge < -0.3 is 9.63 Å². The SMILES string of the molecule is CC(C)(C)C(O)=[SH]CCOP(=O)(Cl)Oc1ccccc1. The monoisotopic (exact) mass is 338 g/mol. The van der Waals surface area contributed by atoms with Crippen molar-refractivity contribution in [1.82, 2.24) is 0 Å². The third kappa shape index (κ3) is 6.91. The minimum atomic E-state index is -3.64. The molecule has 0 saturated carbocycles.